The standard InChI is InChI=1S/C19H25NO3/c1-3-23-19(21)17-10-11-20-18(17)9-4-5-12-22-14-16-8-6-7-15(2)13-16/h6-8,10-11,13,20H,3-5,9,12,14H2,1-2H3. The first-order valence-electron chi connectivity index (χ1n) is 8.17. The van der Waals surface area contributed by atoms with Gasteiger partial charge in [0.15, 0.2) is 0 Å². The normalized spacial score (nSPS) is 10.7. The van der Waals surface area contributed by atoms with Crippen LogP contribution in [0.25, 0.3) is 0 Å². The van der Waals surface area contributed by atoms with Gasteiger partial charge in [0.1, 0.15) is 0 Å². The van der Waals surface area contributed by atoms with Gasteiger partial charge in [0, 0.05) is 18.5 Å². The summed E-state index contributed by atoms with van der Waals surface area (Å²) in [6, 6.07) is 10.1. The van der Waals surface area contributed by atoms with Crippen LogP contribution in [0.4, 0.5) is 0 Å². The maximum absolute atomic E-state index is 11.8. The second-order valence-electron chi connectivity index (χ2n) is 5.59. The van der Waals surface area contributed by atoms with Crippen molar-refractivity contribution >= 4 is 5.97 Å². The van der Waals surface area contributed by atoms with Crippen molar-refractivity contribution in [2.45, 2.75) is 39.7 Å². The highest BCUT2D eigenvalue weighted by molar-refractivity contribution is 5.90. The molecule has 0 aliphatic heterocycles. The van der Waals surface area contributed by atoms with Gasteiger partial charge in [0.2, 0.25) is 0 Å². The number of carbonyl (C=O) groups is 1. The first-order valence-corrected chi connectivity index (χ1v) is 8.17. The van der Waals surface area contributed by atoms with Crippen molar-refractivity contribution in [1.82, 2.24) is 4.98 Å². The molecule has 0 fully saturated rings. The lowest BCUT2D eigenvalue weighted by Crippen LogP contribution is -2.07. The summed E-state index contributed by atoms with van der Waals surface area (Å²) in [4.78, 5) is 14.9. The first kappa shape index (κ1) is 17.3. The molecule has 0 saturated carbocycles. The van der Waals surface area contributed by atoms with Crippen molar-refractivity contribution in [3.63, 3.8) is 0 Å². The summed E-state index contributed by atoms with van der Waals surface area (Å²) in [7, 11) is 0. The quantitative estimate of drug-likeness (QED) is 0.561. The minimum absolute atomic E-state index is 0.251. The first-order chi connectivity index (χ1) is 11.2. The number of rotatable bonds is 9. The molecule has 23 heavy (non-hydrogen) atoms. The molecule has 0 aliphatic carbocycles. The minimum atomic E-state index is -0.251. The molecule has 0 spiro atoms. The minimum Gasteiger partial charge on any atom is -0.462 e. The van der Waals surface area contributed by atoms with Crippen LogP contribution in [-0.4, -0.2) is 24.2 Å². The van der Waals surface area contributed by atoms with Crippen LogP contribution < -0.4 is 0 Å². The summed E-state index contributed by atoms with van der Waals surface area (Å²) < 4.78 is 10.8. The lowest BCUT2D eigenvalue weighted by atomic mass is 10.1. The molecule has 2 aromatic rings. The van der Waals surface area contributed by atoms with Crippen LogP contribution in [0.5, 0.6) is 0 Å². The fraction of sp³-hybridized carbons (Fsp3) is 0.421. The second-order valence-corrected chi connectivity index (χ2v) is 5.59. The van der Waals surface area contributed by atoms with Crippen LogP contribution in [0.1, 0.15) is 46.9 Å². The van der Waals surface area contributed by atoms with E-state index in [1.54, 1.807) is 12.3 Å². The summed E-state index contributed by atoms with van der Waals surface area (Å²) in [5, 5.41) is 0. The number of nitrogens with one attached hydrogen (secondary N) is 1. The van der Waals surface area contributed by atoms with Crippen molar-refractivity contribution in [1.29, 1.82) is 0 Å². The van der Waals surface area contributed by atoms with Crippen molar-refractivity contribution in [2.75, 3.05) is 13.2 Å². The summed E-state index contributed by atoms with van der Waals surface area (Å²) >= 11 is 0. The number of esters is 1. The molecule has 4 heteroatoms. The monoisotopic (exact) mass is 315 g/mol. The molecule has 1 aromatic heterocycles. The fourth-order valence-electron chi connectivity index (χ4n) is 2.51. The van der Waals surface area contributed by atoms with Gasteiger partial charge in [0.25, 0.3) is 0 Å². The van der Waals surface area contributed by atoms with Crippen LogP contribution in [0.15, 0.2) is 36.5 Å². The number of unbranched alkanes of at least 4 members (excludes halogenated alkanes) is 1. The number of hydrogen-bond donors (Lipinski definition) is 1. The number of aromatic nitrogens is 1. The van der Waals surface area contributed by atoms with Gasteiger partial charge in [-0.1, -0.05) is 29.8 Å². The Kier molecular flexibility index (Phi) is 6.88. The topological polar surface area (TPSA) is 51.3 Å². The van der Waals surface area contributed by atoms with E-state index in [-0.39, 0.29) is 5.97 Å². The van der Waals surface area contributed by atoms with Gasteiger partial charge in [0.05, 0.1) is 18.8 Å². The highest BCUT2D eigenvalue weighted by Gasteiger charge is 2.12. The molecule has 0 atom stereocenters. The summed E-state index contributed by atoms with van der Waals surface area (Å²) in [5.41, 5.74) is 4.05. The summed E-state index contributed by atoms with van der Waals surface area (Å²) in [5.74, 6) is -0.251. The van der Waals surface area contributed by atoms with Gasteiger partial charge in [-0.25, -0.2) is 4.79 Å². The zero-order chi connectivity index (χ0) is 16.5. The molecule has 2 rings (SSSR count). The van der Waals surface area contributed by atoms with Crippen LogP contribution in [0.3, 0.4) is 0 Å². The number of benzene rings is 1. The number of carbonyl (C=O) groups excluding carboxylic acids is 1. The molecule has 124 valence electrons. The van der Waals surface area contributed by atoms with E-state index in [0.717, 1.165) is 31.6 Å². The lowest BCUT2D eigenvalue weighted by molar-refractivity contribution is 0.0525. The number of ether oxygens (including phenoxy) is 2. The molecule has 1 aromatic carbocycles. The predicted octanol–water partition coefficient (Wildman–Crippen LogP) is 4.04. The number of hydrogen-bond acceptors (Lipinski definition) is 3. The van der Waals surface area contributed by atoms with E-state index in [9.17, 15) is 4.79 Å². The van der Waals surface area contributed by atoms with Crippen molar-refractivity contribution < 1.29 is 14.3 Å². The largest absolute Gasteiger partial charge is 0.462 e. The van der Waals surface area contributed by atoms with E-state index in [1.165, 1.54) is 11.1 Å². The molecule has 1 heterocycles. The Labute approximate surface area is 137 Å². The van der Waals surface area contributed by atoms with Gasteiger partial charge in [-0.15, -0.1) is 0 Å². The van der Waals surface area contributed by atoms with E-state index in [1.807, 2.05) is 6.92 Å². The average Bonchev–Trinajstić information content (AvgIpc) is 2.99. The van der Waals surface area contributed by atoms with Gasteiger partial charge in [-0.2, -0.15) is 0 Å². The Hall–Kier alpha value is -2.07. The van der Waals surface area contributed by atoms with Crippen LogP contribution in [0.2, 0.25) is 0 Å². The Balaban J connectivity index is 1.66. The molecule has 0 unspecified atom stereocenters. The van der Waals surface area contributed by atoms with Crippen molar-refractivity contribution in [2.24, 2.45) is 0 Å². The van der Waals surface area contributed by atoms with E-state index in [4.69, 9.17) is 9.47 Å². The van der Waals surface area contributed by atoms with Gasteiger partial charge in [-0.3, -0.25) is 0 Å². The Bertz CT molecular complexity index is 619. The Morgan fingerprint density at radius 2 is 2.09 bits per heavy atom. The molecular formula is C19H25NO3. The Morgan fingerprint density at radius 3 is 2.87 bits per heavy atom. The highest BCUT2D eigenvalue weighted by Crippen LogP contribution is 2.12. The second kappa shape index (κ2) is 9.16. The fourth-order valence-corrected chi connectivity index (χ4v) is 2.51. The van der Waals surface area contributed by atoms with Crippen molar-refractivity contribution in [3.8, 4) is 0 Å². The molecule has 0 saturated heterocycles. The molecule has 0 bridgehead atoms. The number of H-pyrrole nitrogens is 1. The number of aromatic amines is 1. The zero-order valence-corrected chi connectivity index (χ0v) is 13.9. The van der Waals surface area contributed by atoms with Gasteiger partial charge >= 0.3 is 5.97 Å². The molecule has 1 N–H and O–H groups in total. The molecule has 0 radical (unpaired) electrons. The van der Waals surface area contributed by atoms with Gasteiger partial charge in [-0.05, 0) is 44.7 Å². The van der Waals surface area contributed by atoms with Crippen LogP contribution in [0, 0.1) is 6.92 Å². The lowest BCUT2D eigenvalue weighted by Gasteiger charge is -2.06. The Morgan fingerprint density at radius 1 is 1.22 bits per heavy atom. The van der Waals surface area contributed by atoms with Crippen LogP contribution in [-0.2, 0) is 22.5 Å². The molecule has 0 aliphatic rings. The third-order valence-electron chi connectivity index (χ3n) is 3.64. The molecule has 4 nitrogen and oxygen atoms in total. The third-order valence-corrected chi connectivity index (χ3v) is 3.64. The zero-order valence-electron chi connectivity index (χ0n) is 13.9. The summed E-state index contributed by atoms with van der Waals surface area (Å²) in [6.45, 7) is 5.68. The summed E-state index contributed by atoms with van der Waals surface area (Å²) in [6.07, 6.45) is 4.55. The van der Waals surface area contributed by atoms with E-state index >= 15 is 0 Å². The van der Waals surface area contributed by atoms with E-state index in [0.29, 0.717) is 18.8 Å². The number of aryl methyl sites for hydroxylation is 2. The molecule has 0 amide bonds. The maximum atomic E-state index is 11.8. The van der Waals surface area contributed by atoms with Gasteiger partial charge < -0.3 is 14.5 Å². The van der Waals surface area contributed by atoms with Crippen LogP contribution >= 0.6 is 0 Å². The maximum Gasteiger partial charge on any atom is 0.339 e. The van der Waals surface area contributed by atoms with E-state index < -0.39 is 0 Å². The third kappa shape index (κ3) is 5.57. The smallest absolute Gasteiger partial charge is 0.339 e. The average molecular weight is 315 g/mol. The predicted molar refractivity (Wildman–Crippen MR) is 90.5 cm³/mol. The molecular weight excluding hydrogens is 290 g/mol. The van der Waals surface area contributed by atoms with Crippen molar-refractivity contribution in [3.05, 3.63) is 58.9 Å². The SMILES string of the molecule is CCOC(=O)c1cc[nH]c1CCCCOCc1cccc(C)c1. The highest BCUT2D eigenvalue weighted by atomic mass is 16.5. The van der Waals surface area contributed by atoms with E-state index in [2.05, 4.69) is 36.2 Å².